The van der Waals surface area contributed by atoms with Crippen LogP contribution in [0.5, 0.6) is 5.75 Å². The van der Waals surface area contributed by atoms with Crippen molar-refractivity contribution in [2.24, 2.45) is 0 Å². The van der Waals surface area contributed by atoms with E-state index in [1.54, 1.807) is 42.0 Å². The molecular formula is C20H18F3N5O2. The number of alkyl halides is 3. The van der Waals surface area contributed by atoms with Gasteiger partial charge in [-0.1, -0.05) is 0 Å². The number of rotatable bonds is 5. The number of imidazole rings is 1. The minimum Gasteiger partial charge on any atom is -0.494 e. The number of nitrogens with one attached hydrogen (secondary N) is 1. The Hall–Kier alpha value is -3.61. The summed E-state index contributed by atoms with van der Waals surface area (Å²) < 4.78 is 44.0. The van der Waals surface area contributed by atoms with Crippen molar-refractivity contribution in [3.63, 3.8) is 0 Å². The molecule has 3 aromatic heterocycles. The topological polar surface area (TPSA) is 92.3 Å². The second-order valence-electron chi connectivity index (χ2n) is 7.10. The van der Waals surface area contributed by atoms with E-state index in [0.29, 0.717) is 16.9 Å². The first-order valence-corrected chi connectivity index (χ1v) is 8.84. The third-order valence-corrected chi connectivity index (χ3v) is 4.55. The molecule has 0 saturated heterocycles. The number of hydrogen-bond donors (Lipinski definition) is 1. The van der Waals surface area contributed by atoms with Gasteiger partial charge in [0, 0.05) is 18.0 Å². The van der Waals surface area contributed by atoms with Crippen LogP contribution >= 0.6 is 0 Å². The fourth-order valence-corrected chi connectivity index (χ4v) is 2.82. The lowest BCUT2D eigenvalue weighted by atomic mass is 9.87. The van der Waals surface area contributed by atoms with E-state index in [-0.39, 0.29) is 11.4 Å². The molecule has 0 atom stereocenters. The molecule has 3 heterocycles. The molecule has 3 aromatic rings. The number of fused-ring (bicyclic) bond motifs is 1. The number of pyridine rings is 2. The quantitative estimate of drug-likeness (QED) is 0.686. The van der Waals surface area contributed by atoms with Crippen molar-refractivity contribution < 1.29 is 22.7 Å². The molecule has 7 nitrogen and oxygen atoms in total. The van der Waals surface area contributed by atoms with E-state index in [0.717, 1.165) is 5.56 Å². The molecule has 0 saturated carbocycles. The van der Waals surface area contributed by atoms with Gasteiger partial charge < -0.3 is 10.1 Å². The first-order valence-electron chi connectivity index (χ1n) is 8.84. The summed E-state index contributed by atoms with van der Waals surface area (Å²) in [5, 5.41) is 11.1. The number of carbonyl (C=O) groups is 1. The highest BCUT2D eigenvalue weighted by molar-refractivity contribution is 5.95. The maximum atomic E-state index is 12.3. The molecule has 1 N–H and O–H groups in total. The molecule has 0 bridgehead atoms. The SMILES string of the molecule is COc1cc(-c2cnc3cc(C(C)(C)C#N)ccn23)cnc1C(=O)NCC(F)(F)F. The largest absolute Gasteiger partial charge is 0.494 e. The standard InChI is InChI=1S/C20H18F3N5O2/c1-19(2,10-24)13-4-5-28-14(9-25-16(28)7-13)12-6-15(30-3)17(26-8-12)18(29)27-11-20(21,22)23/h4-9H,11H2,1-3H3,(H,27,29). The molecule has 0 spiro atoms. The predicted octanol–water partition coefficient (Wildman–Crippen LogP) is 3.50. The van der Waals surface area contributed by atoms with Gasteiger partial charge in [0.05, 0.1) is 30.5 Å². The zero-order chi connectivity index (χ0) is 22.1. The van der Waals surface area contributed by atoms with Crippen LogP contribution in [-0.2, 0) is 5.41 Å². The van der Waals surface area contributed by atoms with Gasteiger partial charge in [0.2, 0.25) is 0 Å². The lowest BCUT2D eigenvalue weighted by molar-refractivity contribution is -0.123. The summed E-state index contributed by atoms with van der Waals surface area (Å²) in [7, 11) is 1.30. The van der Waals surface area contributed by atoms with E-state index < -0.39 is 24.0 Å². The first-order chi connectivity index (χ1) is 14.1. The van der Waals surface area contributed by atoms with Crippen LogP contribution in [0.1, 0.15) is 29.9 Å². The lowest BCUT2D eigenvalue weighted by Crippen LogP contribution is -2.34. The Morgan fingerprint density at radius 1 is 1.27 bits per heavy atom. The van der Waals surface area contributed by atoms with Crippen LogP contribution in [0.3, 0.4) is 0 Å². The highest BCUT2D eigenvalue weighted by atomic mass is 19.4. The molecule has 0 aliphatic heterocycles. The zero-order valence-corrected chi connectivity index (χ0v) is 16.4. The number of nitriles is 1. The molecule has 3 rings (SSSR count). The lowest BCUT2D eigenvalue weighted by Gasteiger charge is -2.16. The Morgan fingerprint density at radius 3 is 2.63 bits per heavy atom. The third-order valence-electron chi connectivity index (χ3n) is 4.55. The molecule has 30 heavy (non-hydrogen) atoms. The van der Waals surface area contributed by atoms with Crippen LogP contribution in [0, 0.1) is 11.3 Å². The summed E-state index contributed by atoms with van der Waals surface area (Å²) in [4.78, 5) is 20.4. The number of amides is 1. The minimum atomic E-state index is -4.53. The van der Waals surface area contributed by atoms with E-state index in [2.05, 4.69) is 16.0 Å². The van der Waals surface area contributed by atoms with Gasteiger partial charge >= 0.3 is 6.18 Å². The number of nitrogens with zero attached hydrogens (tertiary/aromatic N) is 4. The number of hydrogen-bond acceptors (Lipinski definition) is 5. The molecule has 156 valence electrons. The highest BCUT2D eigenvalue weighted by Gasteiger charge is 2.29. The van der Waals surface area contributed by atoms with Gasteiger partial charge in [-0.15, -0.1) is 0 Å². The van der Waals surface area contributed by atoms with E-state index in [1.807, 2.05) is 6.07 Å². The van der Waals surface area contributed by atoms with Crippen molar-refractivity contribution in [2.45, 2.75) is 25.4 Å². The highest BCUT2D eigenvalue weighted by Crippen LogP contribution is 2.29. The predicted molar refractivity (Wildman–Crippen MR) is 102 cm³/mol. The van der Waals surface area contributed by atoms with Gasteiger partial charge in [-0.25, -0.2) is 9.97 Å². The minimum absolute atomic E-state index is 0.0318. The van der Waals surface area contributed by atoms with Crippen LogP contribution < -0.4 is 10.1 Å². The number of ether oxygens (including phenoxy) is 1. The van der Waals surface area contributed by atoms with Crippen molar-refractivity contribution in [1.82, 2.24) is 19.7 Å². The van der Waals surface area contributed by atoms with Gasteiger partial charge in [-0.3, -0.25) is 9.20 Å². The van der Waals surface area contributed by atoms with Crippen molar-refractivity contribution in [1.29, 1.82) is 5.26 Å². The van der Waals surface area contributed by atoms with Crippen LogP contribution in [-0.4, -0.2) is 40.1 Å². The maximum absolute atomic E-state index is 12.3. The molecule has 0 aliphatic rings. The molecule has 0 aliphatic carbocycles. The van der Waals surface area contributed by atoms with Crippen LogP contribution in [0.2, 0.25) is 0 Å². The van der Waals surface area contributed by atoms with Gasteiger partial charge in [-0.05, 0) is 37.6 Å². The Labute approximate surface area is 170 Å². The molecule has 0 aromatic carbocycles. The Morgan fingerprint density at radius 2 is 2.00 bits per heavy atom. The van der Waals surface area contributed by atoms with E-state index in [4.69, 9.17) is 4.74 Å². The van der Waals surface area contributed by atoms with Crippen molar-refractivity contribution in [3.8, 4) is 23.1 Å². The summed E-state index contributed by atoms with van der Waals surface area (Å²) in [6, 6.07) is 7.36. The monoisotopic (exact) mass is 417 g/mol. The molecular weight excluding hydrogens is 399 g/mol. The Kier molecular flexibility index (Phi) is 5.39. The van der Waals surface area contributed by atoms with E-state index >= 15 is 0 Å². The molecule has 0 radical (unpaired) electrons. The second-order valence-corrected chi connectivity index (χ2v) is 7.10. The fourth-order valence-electron chi connectivity index (χ4n) is 2.82. The van der Waals surface area contributed by atoms with Gasteiger partial charge in [-0.2, -0.15) is 18.4 Å². The van der Waals surface area contributed by atoms with Crippen molar-refractivity contribution >= 4 is 11.6 Å². The second kappa shape index (κ2) is 7.67. The number of methoxy groups -OCH3 is 1. The van der Waals surface area contributed by atoms with Gasteiger partial charge in [0.15, 0.2) is 11.4 Å². The molecule has 1 amide bonds. The summed E-state index contributed by atoms with van der Waals surface area (Å²) in [5.74, 6) is -0.957. The first kappa shape index (κ1) is 21.1. The number of halogens is 3. The summed E-state index contributed by atoms with van der Waals surface area (Å²) in [6.07, 6.45) is 0.195. The third kappa shape index (κ3) is 4.20. The van der Waals surface area contributed by atoms with Crippen molar-refractivity contribution in [3.05, 3.63) is 48.0 Å². The molecule has 0 unspecified atom stereocenters. The molecule has 0 fully saturated rings. The van der Waals surface area contributed by atoms with E-state index in [9.17, 15) is 23.2 Å². The van der Waals surface area contributed by atoms with Crippen LogP contribution in [0.25, 0.3) is 16.9 Å². The summed E-state index contributed by atoms with van der Waals surface area (Å²) >= 11 is 0. The summed E-state index contributed by atoms with van der Waals surface area (Å²) in [6.45, 7) is 2.15. The van der Waals surface area contributed by atoms with E-state index in [1.165, 1.54) is 19.4 Å². The zero-order valence-electron chi connectivity index (χ0n) is 16.4. The average Bonchev–Trinajstić information content (AvgIpc) is 3.14. The summed E-state index contributed by atoms with van der Waals surface area (Å²) in [5.41, 5.74) is 1.68. The average molecular weight is 417 g/mol. The number of carbonyl (C=O) groups excluding carboxylic acids is 1. The fraction of sp³-hybridized carbons (Fsp3) is 0.300. The van der Waals surface area contributed by atoms with Gasteiger partial charge in [0.25, 0.3) is 5.91 Å². The Balaban J connectivity index is 1.96. The van der Waals surface area contributed by atoms with Gasteiger partial charge in [0.1, 0.15) is 12.2 Å². The normalized spacial score (nSPS) is 11.9. The smallest absolute Gasteiger partial charge is 0.405 e. The van der Waals surface area contributed by atoms with Crippen LogP contribution in [0.4, 0.5) is 13.2 Å². The molecule has 10 heteroatoms. The number of aromatic nitrogens is 3. The van der Waals surface area contributed by atoms with Crippen LogP contribution in [0.15, 0.2) is 36.8 Å². The Bertz CT molecular complexity index is 1150. The maximum Gasteiger partial charge on any atom is 0.405 e. The van der Waals surface area contributed by atoms with Crippen molar-refractivity contribution in [2.75, 3.05) is 13.7 Å².